The first-order valence-corrected chi connectivity index (χ1v) is 5.12. The van der Waals surface area contributed by atoms with Crippen molar-refractivity contribution in [3.05, 3.63) is 23.8 Å². The summed E-state index contributed by atoms with van der Waals surface area (Å²) in [6.07, 6.45) is 0.692. The molecule has 1 aromatic rings. The van der Waals surface area contributed by atoms with Gasteiger partial charge in [-0.25, -0.2) is 0 Å². The molecule has 0 spiro atoms. The Labute approximate surface area is 93.8 Å². The molecular formula is C12H14O4. The summed E-state index contributed by atoms with van der Waals surface area (Å²) >= 11 is 0. The molecule has 0 unspecified atom stereocenters. The number of carbonyl (C=O) groups is 1. The highest BCUT2D eigenvalue weighted by Crippen LogP contribution is 2.50. The van der Waals surface area contributed by atoms with Crippen LogP contribution in [0.1, 0.15) is 17.9 Å². The number of hydrogen-bond acceptors (Lipinski definition) is 3. The van der Waals surface area contributed by atoms with E-state index in [0.717, 1.165) is 5.56 Å². The van der Waals surface area contributed by atoms with Crippen molar-refractivity contribution in [2.24, 2.45) is 5.92 Å². The highest BCUT2D eigenvalue weighted by atomic mass is 16.5. The molecule has 1 aromatic carbocycles. The van der Waals surface area contributed by atoms with Crippen LogP contribution in [0.25, 0.3) is 0 Å². The van der Waals surface area contributed by atoms with E-state index >= 15 is 0 Å². The van der Waals surface area contributed by atoms with Gasteiger partial charge in [0.2, 0.25) is 0 Å². The van der Waals surface area contributed by atoms with Gasteiger partial charge in [0.05, 0.1) is 20.1 Å². The third-order valence-corrected chi connectivity index (χ3v) is 2.95. The summed E-state index contributed by atoms with van der Waals surface area (Å²) in [5.74, 6) is 0.504. The Kier molecular flexibility index (Phi) is 2.73. The monoisotopic (exact) mass is 222 g/mol. The Balaban J connectivity index is 2.25. The van der Waals surface area contributed by atoms with Gasteiger partial charge in [-0.2, -0.15) is 0 Å². The van der Waals surface area contributed by atoms with Gasteiger partial charge in [0, 0.05) is 12.0 Å². The van der Waals surface area contributed by atoms with Gasteiger partial charge in [0.15, 0.2) is 0 Å². The molecule has 4 heteroatoms. The minimum atomic E-state index is -0.733. The number of benzene rings is 1. The van der Waals surface area contributed by atoms with Crippen molar-refractivity contribution in [2.75, 3.05) is 14.2 Å². The molecule has 1 aliphatic carbocycles. The van der Waals surface area contributed by atoms with Gasteiger partial charge in [-0.05, 0) is 18.1 Å². The van der Waals surface area contributed by atoms with Crippen molar-refractivity contribution in [3.63, 3.8) is 0 Å². The summed E-state index contributed by atoms with van der Waals surface area (Å²) in [6.45, 7) is 0. The molecule has 1 aliphatic rings. The van der Waals surface area contributed by atoms with Crippen LogP contribution in [0.4, 0.5) is 0 Å². The van der Waals surface area contributed by atoms with Gasteiger partial charge in [-0.15, -0.1) is 0 Å². The summed E-state index contributed by atoms with van der Waals surface area (Å²) in [5.41, 5.74) is 0.954. The van der Waals surface area contributed by atoms with Crippen molar-refractivity contribution in [2.45, 2.75) is 12.3 Å². The molecule has 16 heavy (non-hydrogen) atoms. The van der Waals surface area contributed by atoms with Crippen LogP contribution in [0.3, 0.4) is 0 Å². The Hall–Kier alpha value is -1.71. The standard InChI is InChI=1S/C12H14O4/c1-15-7-3-4-8(11(5-7)16-2)9-6-10(9)12(13)14/h3-5,9-10H,6H2,1-2H3,(H,13,14)/t9-,10+/m1/s1. The predicted octanol–water partition coefficient (Wildman–Crippen LogP) is 1.89. The maximum absolute atomic E-state index is 10.8. The van der Waals surface area contributed by atoms with E-state index in [9.17, 15) is 4.79 Å². The highest BCUT2D eigenvalue weighted by Gasteiger charge is 2.45. The fourth-order valence-corrected chi connectivity index (χ4v) is 1.94. The van der Waals surface area contributed by atoms with Crippen LogP contribution in [0, 0.1) is 5.92 Å². The van der Waals surface area contributed by atoms with Gasteiger partial charge < -0.3 is 14.6 Å². The zero-order valence-electron chi connectivity index (χ0n) is 9.27. The smallest absolute Gasteiger partial charge is 0.307 e. The van der Waals surface area contributed by atoms with Gasteiger partial charge in [-0.3, -0.25) is 4.79 Å². The number of aliphatic carboxylic acids is 1. The summed E-state index contributed by atoms with van der Waals surface area (Å²) in [7, 11) is 3.17. The number of rotatable bonds is 4. The van der Waals surface area contributed by atoms with Crippen molar-refractivity contribution in [3.8, 4) is 11.5 Å². The largest absolute Gasteiger partial charge is 0.497 e. The van der Waals surface area contributed by atoms with E-state index in [-0.39, 0.29) is 11.8 Å². The Morgan fingerprint density at radius 1 is 1.38 bits per heavy atom. The molecule has 1 fully saturated rings. The molecule has 0 aliphatic heterocycles. The molecule has 0 amide bonds. The third kappa shape index (κ3) is 1.83. The van der Waals surface area contributed by atoms with Crippen molar-refractivity contribution in [1.29, 1.82) is 0 Å². The number of carboxylic acid groups (broad SMARTS) is 1. The van der Waals surface area contributed by atoms with Gasteiger partial charge in [-0.1, -0.05) is 6.07 Å². The summed E-state index contributed by atoms with van der Waals surface area (Å²) in [5, 5.41) is 8.88. The molecule has 2 rings (SSSR count). The number of methoxy groups -OCH3 is 2. The van der Waals surface area contributed by atoms with Gasteiger partial charge >= 0.3 is 5.97 Å². The first-order valence-electron chi connectivity index (χ1n) is 5.12. The van der Waals surface area contributed by atoms with E-state index < -0.39 is 5.97 Å². The molecule has 0 saturated heterocycles. The zero-order valence-corrected chi connectivity index (χ0v) is 9.27. The molecule has 4 nitrogen and oxygen atoms in total. The van der Waals surface area contributed by atoms with Crippen LogP contribution >= 0.6 is 0 Å². The zero-order chi connectivity index (χ0) is 11.7. The van der Waals surface area contributed by atoms with E-state index in [1.54, 1.807) is 20.3 Å². The quantitative estimate of drug-likeness (QED) is 0.845. The van der Waals surface area contributed by atoms with Crippen LogP contribution in [0.2, 0.25) is 0 Å². The maximum Gasteiger partial charge on any atom is 0.307 e. The average Bonchev–Trinajstić information content (AvgIpc) is 3.08. The van der Waals surface area contributed by atoms with Gasteiger partial charge in [0.25, 0.3) is 0 Å². The molecule has 0 aromatic heterocycles. The van der Waals surface area contributed by atoms with Crippen LogP contribution in [-0.2, 0) is 4.79 Å². The maximum atomic E-state index is 10.8. The lowest BCUT2D eigenvalue weighted by molar-refractivity contribution is -0.138. The van der Waals surface area contributed by atoms with E-state index in [1.165, 1.54) is 0 Å². The first kappa shape index (κ1) is 10.8. The van der Waals surface area contributed by atoms with Gasteiger partial charge in [0.1, 0.15) is 11.5 Å². The lowest BCUT2D eigenvalue weighted by Crippen LogP contribution is -2.00. The first-order chi connectivity index (χ1) is 7.67. The van der Waals surface area contributed by atoms with Crippen LogP contribution in [0.5, 0.6) is 11.5 Å². The number of carboxylic acids is 1. The second-order valence-electron chi connectivity index (χ2n) is 3.89. The number of hydrogen-bond donors (Lipinski definition) is 1. The minimum Gasteiger partial charge on any atom is -0.497 e. The van der Waals surface area contributed by atoms with Crippen molar-refractivity contribution < 1.29 is 19.4 Å². The van der Waals surface area contributed by atoms with E-state index in [0.29, 0.717) is 17.9 Å². The lowest BCUT2D eigenvalue weighted by Gasteiger charge is -2.09. The predicted molar refractivity (Wildman–Crippen MR) is 58.0 cm³/mol. The fraction of sp³-hybridized carbons (Fsp3) is 0.417. The van der Waals surface area contributed by atoms with Crippen LogP contribution in [-0.4, -0.2) is 25.3 Å². The van der Waals surface area contributed by atoms with Crippen LogP contribution in [0.15, 0.2) is 18.2 Å². The Morgan fingerprint density at radius 2 is 2.12 bits per heavy atom. The molecule has 86 valence electrons. The summed E-state index contributed by atoms with van der Waals surface area (Å²) in [6, 6.07) is 5.49. The van der Waals surface area contributed by atoms with Crippen molar-refractivity contribution >= 4 is 5.97 Å². The molecule has 0 bridgehead atoms. The van der Waals surface area contributed by atoms with Crippen molar-refractivity contribution in [1.82, 2.24) is 0 Å². The number of ether oxygens (including phenoxy) is 2. The topological polar surface area (TPSA) is 55.8 Å². The Morgan fingerprint density at radius 3 is 2.62 bits per heavy atom. The highest BCUT2D eigenvalue weighted by molar-refractivity contribution is 5.75. The van der Waals surface area contributed by atoms with E-state index in [4.69, 9.17) is 14.6 Å². The molecule has 0 heterocycles. The average molecular weight is 222 g/mol. The fourth-order valence-electron chi connectivity index (χ4n) is 1.94. The minimum absolute atomic E-state index is 0.0818. The Bertz CT molecular complexity index is 413. The molecule has 1 saturated carbocycles. The second-order valence-corrected chi connectivity index (χ2v) is 3.89. The third-order valence-electron chi connectivity index (χ3n) is 2.95. The molecule has 2 atom stereocenters. The molecule has 0 radical (unpaired) electrons. The molecular weight excluding hydrogens is 208 g/mol. The lowest BCUT2D eigenvalue weighted by atomic mass is 10.1. The SMILES string of the molecule is COc1ccc([C@H]2C[C@@H]2C(=O)O)c(OC)c1. The molecule has 1 N–H and O–H groups in total. The van der Waals surface area contributed by atoms with E-state index in [2.05, 4.69) is 0 Å². The summed E-state index contributed by atoms with van der Waals surface area (Å²) < 4.78 is 10.3. The normalized spacial score (nSPS) is 22.6. The second kappa shape index (κ2) is 4.04. The van der Waals surface area contributed by atoms with Crippen LogP contribution < -0.4 is 9.47 Å². The summed E-state index contributed by atoms with van der Waals surface area (Å²) in [4.78, 5) is 10.8. The van der Waals surface area contributed by atoms with E-state index in [1.807, 2.05) is 12.1 Å².